The lowest BCUT2D eigenvalue weighted by atomic mass is 9.84. The van der Waals surface area contributed by atoms with E-state index in [0.29, 0.717) is 5.92 Å². The largest absolute Gasteiger partial charge is 0.0754 e. The second-order valence-corrected chi connectivity index (χ2v) is 7.69. The van der Waals surface area contributed by atoms with Gasteiger partial charge in [-0.05, 0) is 74.9 Å². The SMILES string of the molecule is CCC1CC=c2c(-c3c4ccccc4cc4ccccc34)cccc2=C1C. The van der Waals surface area contributed by atoms with Crippen LogP contribution in [0.1, 0.15) is 26.7 Å². The highest BCUT2D eigenvalue weighted by atomic mass is 14.2. The highest BCUT2D eigenvalue weighted by Gasteiger charge is 2.16. The van der Waals surface area contributed by atoms with Crippen molar-refractivity contribution < 1.29 is 0 Å². The molecule has 0 heteroatoms. The molecule has 0 nitrogen and oxygen atoms in total. The first-order chi connectivity index (χ1) is 13.3. The third kappa shape index (κ3) is 2.51. The maximum atomic E-state index is 2.47. The molecule has 0 aliphatic heterocycles. The highest BCUT2D eigenvalue weighted by molar-refractivity contribution is 6.12. The fourth-order valence-electron chi connectivity index (χ4n) is 4.78. The van der Waals surface area contributed by atoms with Gasteiger partial charge in [-0.2, -0.15) is 0 Å². The summed E-state index contributed by atoms with van der Waals surface area (Å²) in [5, 5.41) is 8.16. The average Bonchev–Trinajstić information content (AvgIpc) is 2.72. The van der Waals surface area contributed by atoms with E-state index in [1.165, 1.54) is 49.5 Å². The molecule has 1 unspecified atom stereocenters. The Hall–Kier alpha value is -2.86. The van der Waals surface area contributed by atoms with Crippen LogP contribution in [0.5, 0.6) is 0 Å². The van der Waals surface area contributed by atoms with Crippen LogP contribution in [0.2, 0.25) is 0 Å². The zero-order valence-corrected chi connectivity index (χ0v) is 16.0. The van der Waals surface area contributed by atoms with Crippen molar-refractivity contribution in [3.05, 3.63) is 83.2 Å². The lowest BCUT2D eigenvalue weighted by Gasteiger charge is -2.20. The first-order valence-corrected chi connectivity index (χ1v) is 9.99. The molecule has 0 amide bonds. The Morgan fingerprint density at radius 3 is 2.15 bits per heavy atom. The van der Waals surface area contributed by atoms with Crippen molar-refractivity contribution in [2.24, 2.45) is 5.92 Å². The molecular formula is C27H24. The van der Waals surface area contributed by atoms with Gasteiger partial charge < -0.3 is 0 Å². The summed E-state index contributed by atoms with van der Waals surface area (Å²) < 4.78 is 0. The van der Waals surface area contributed by atoms with Gasteiger partial charge in [-0.1, -0.05) is 85.3 Å². The van der Waals surface area contributed by atoms with E-state index in [2.05, 4.69) is 92.7 Å². The van der Waals surface area contributed by atoms with Gasteiger partial charge in [0.25, 0.3) is 0 Å². The Morgan fingerprint density at radius 1 is 0.815 bits per heavy atom. The summed E-state index contributed by atoms with van der Waals surface area (Å²) in [6.07, 6.45) is 4.83. The quantitative estimate of drug-likeness (QED) is 0.387. The minimum absolute atomic E-state index is 0.678. The van der Waals surface area contributed by atoms with Crippen LogP contribution >= 0.6 is 0 Å². The van der Waals surface area contributed by atoms with Crippen LogP contribution in [0.25, 0.3) is 44.3 Å². The van der Waals surface area contributed by atoms with Crippen LogP contribution in [0.15, 0.2) is 72.8 Å². The predicted molar refractivity (Wildman–Crippen MR) is 118 cm³/mol. The van der Waals surface area contributed by atoms with Gasteiger partial charge in [-0.3, -0.25) is 0 Å². The van der Waals surface area contributed by atoms with Crippen molar-refractivity contribution in [1.29, 1.82) is 0 Å². The molecular weight excluding hydrogens is 324 g/mol. The van der Waals surface area contributed by atoms with Gasteiger partial charge >= 0.3 is 0 Å². The van der Waals surface area contributed by atoms with Crippen molar-refractivity contribution in [2.75, 3.05) is 0 Å². The van der Waals surface area contributed by atoms with Gasteiger partial charge in [0.05, 0.1) is 0 Å². The van der Waals surface area contributed by atoms with Crippen molar-refractivity contribution in [3.8, 4) is 11.1 Å². The maximum absolute atomic E-state index is 2.47. The van der Waals surface area contributed by atoms with E-state index in [9.17, 15) is 0 Å². The van der Waals surface area contributed by atoms with Crippen LogP contribution in [0.4, 0.5) is 0 Å². The molecule has 0 saturated heterocycles. The summed E-state index contributed by atoms with van der Waals surface area (Å²) in [4.78, 5) is 0. The Balaban J connectivity index is 1.97. The van der Waals surface area contributed by atoms with Gasteiger partial charge in [-0.15, -0.1) is 0 Å². The fourth-order valence-corrected chi connectivity index (χ4v) is 4.78. The van der Waals surface area contributed by atoms with E-state index in [4.69, 9.17) is 0 Å². The molecule has 1 aliphatic rings. The molecule has 1 aliphatic carbocycles. The molecule has 0 radical (unpaired) electrons. The number of hydrogen-bond acceptors (Lipinski definition) is 0. The molecule has 0 heterocycles. The molecule has 0 saturated carbocycles. The molecule has 4 aromatic carbocycles. The van der Waals surface area contributed by atoms with Crippen molar-refractivity contribution in [2.45, 2.75) is 26.7 Å². The van der Waals surface area contributed by atoms with Crippen molar-refractivity contribution >= 4 is 33.2 Å². The second kappa shape index (κ2) is 6.39. The summed E-state index contributed by atoms with van der Waals surface area (Å²) >= 11 is 0. The molecule has 0 N–H and O–H groups in total. The zero-order chi connectivity index (χ0) is 18.4. The molecule has 0 spiro atoms. The normalized spacial score (nSPS) is 16.4. The zero-order valence-electron chi connectivity index (χ0n) is 16.0. The summed E-state index contributed by atoms with van der Waals surface area (Å²) in [6.45, 7) is 4.63. The third-order valence-electron chi connectivity index (χ3n) is 6.28. The Kier molecular flexibility index (Phi) is 3.86. The summed E-state index contributed by atoms with van der Waals surface area (Å²) in [5.74, 6) is 0.678. The van der Waals surface area contributed by atoms with E-state index >= 15 is 0 Å². The van der Waals surface area contributed by atoms with Crippen LogP contribution < -0.4 is 10.4 Å². The summed E-state index contributed by atoms with van der Waals surface area (Å²) in [5.41, 5.74) is 4.29. The minimum Gasteiger partial charge on any atom is -0.0754 e. The second-order valence-electron chi connectivity index (χ2n) is 7.69. The third-order valence-corrected chi connectivity index (χ3v) is 6.28. The van der Waals surface area contributed by atoms with Crippen LogP contribution in [-0.4, -0.2) is 0 Å². The van der Waals surface area contributed by atoms with Crippen molar-refractivity contribution in [1.82, 2.24) is 0 Å². The molecule has 0 fully saturated rings. The standard InChI is InChI=1S/C27H24/c1-3-19-15-16-25-22(18(19)2)13-8-14-26(25)27-23-11-6-4-9-20(23)17-21-10-5-7-12-24(21)27/h4-14,16-17,19H,3,15H2,1-2H3. The Labute approximate surface area is 160 Å². The van der Waals surface area contributed by atoms with E-state index in [1.807, 2.05) is 0 Å². The minimum atomic E-state index is 0.678. The number of benzene rings is 4. The van der Waals surface area contributed by atoms with Crippen LogP contribution in [0, 0.1) is 5.92 Å². The summed E-state index contributed by atoms with van der Waals surface area (Å²) in [6, 6.07) is 26.8. The van der Waals surface area contributed by atoms with Crippen LogP contribution in [0.3, 0.4) is 0 Å². The molecule has 0 aromatic heterocycles. The lowest BCUT2D eigenvalue weighted by molar-refractivity contribution is 0.658. The predicted octanol–water partition coefficient (Wildman–Crippen LogP) is 6.04. The highest BCUT2D eigenvalue weighted by Crippen LogP contribution is 2.35. The van der Waals surface area contributed by atoms with Gasteiger partial charge in [0.15, 0.2) is 0 Å². The Bertz CT molecular complexity index is 1240. The Morgan fingerprint density at radius 2 is 1.48 bits per heavy atom. The molecule has 1 atom stereocenters. The average molecular weight is 348 g/mol. The lowest BCUT2D eigenvalue weighted by Crippen LogP contribution is -2.33. The summed E-state index contributed by atoms with van der Waals surface area (Å²) in [7, 11) is 0. The number of hydrogen-bond donors (Lipinski definition) is 0. The van der Waals surface area contributed by atoms with Gasteiger partial charge in [-0.25, -0.2) is 0 Å². The molecule has 132 valence electrons. The smallest absolute Gasteiger partial charge is 0.00207 e. The van der Waals surface area contributed by atoms with Gasteiger partial charge in [0, 0.05) is 0 Å². The number of rotatable bonds is 2. The topological polar surface area (TPSA) is 0 Å². The molecule has 0 bridgehead atoms. The maximum Gasteiger partial charge on any atom is -0.00207 e. The van der Waals surface area contributed by atoms with Gasteiger partial charge in [0.2, 0.25) is 0 Å². The van der Waals surface area contributed by atoms with E-state index in [0.717, 1.165) is 6.42 Å². The van der Waals surface area contributed by atoms with Crippen molar-refractivity contribution in [3.63, 3.8) is 0 Å². The monoisotopic (exact) mass is 348 g/mol. The first-order valence-electron chi connectivity index (χ1n) is 9.99. The molecule has 27 heavy (non-hydrogen) atoms. The molecule has 5 rings (SSSR count). The van der Waals surface area contributed by atoms with Crippen LogP contribution in [-0.2, 0) is 0 Å². The fraction of sp³-hybridized carbons (Fsp3) is 0.185. The van der Waals surface area contributed by atoms with Gasteiger partial charge in [0.1, 0.15) is 0 Å². The number of fused-ring (bicyclic) bond motifs is 3. The molecule has 4 aromatic rings. The van der Waals surface area contributed by atoms with E-state index < -0.39 is 0 Å². The van der Waals surface area contributed by atoms with E-state index in [1.54, 1.807) is 5.57 Å². The first kappa shape index (κ1) is 16.3. The van der Waals surface area contributed by atoms with E-state index in [-0.39, 0.29) is 0 Å².